The molecule has 0 spiro atoms. The highest BCUT2D eigenvalue weighted by molar-refractivity contribution is 9.10. The van der Waals surface area contributed by atoms with Gasteiger partial charge in [-0.3, -0.25) is 4.79 Å². The summed E-state index contributed by atoms with van der Waals surface area (Å²) in [5, 5.41) is 2.82. The quantitative estimate of drug-likeness (QED) is 0.620. The van der Waals surface area contributed by atoms with Crippen LogP contribution in [0.4, 0.5) is 0 Å². The van der Waals surface area contributed by atoms with Gasteiger partial charge in [0.2, 0.25) is 15.9 Å². The standard InChI is InChI=1S/C21H23BrN2O4S/c22-20-8-5-17(6-9-20)7-10-21(25)23-15-18-3-1-2-4-19(18)16-29(26,27)24-11-13-28-14-12-24/h1-10H,11-16H2,(H,23,25)/b10-7+. The van der Waals surface area contributed by atoms with Gasteiger partial charge in [0.1, 0.15) is 0 Å². The summed E-state index contributed by atoms with van der Waals surface area (Å²) in [5.74, 6) is -0.327. The molecule has 154 valence electrons. The molecule has 2 aromatic carbocycles. The van der Waals surface area contributed by atoms with Crippen molar-refractivity contribution in [1.82, 2.24) is 9.62 Å². The zero-order valence-corrected chi connectivity index (χ0v) is 18.3. The SMILES string of the molecule is O=C(/C=C/c1ccc(Br)cc1)NCc1ccccc1CS(=O)(=O)N1CCOCC1. The number of morpholine rings is 1. The minimum Gasteiger partial charge on any atom is -0.379 e. The Bertz CT molecular complexity index is 968. The number of hydrogen-bond donors (Lipinski definition) is 1. The molecule has 0 atom stereocenters. The third-order valence-corrected chi connectivity index (χ3v) is 6.93. The number of hydrogen-bond acceptors (Lipinski definition) is 4. The van der Waals surface area contributed by atoms with Crippen molar-refractivity contribution in [2.45, 2.75) is 12.3 Å². The van der Waals surface area contributed by atoms with Crippen molar-refractivity contribution in [3.63, 3.8) is 0 Å². The van der Waals surface area contributed by atoms with Crippen LogP contribution in [0.5, 0.6) is 0 Å². The summed E-state index contributed by atoms with van der Waals surface area (Å²) in [6, 6.07) is 14.9. The van der Waals surface area contributed by atoms with Crippen molar-refractivity contribution in [2.24, 2.45) is 0 Å². The Morgan fingerprint density at radius 2 is 1.72 bits per heavy atom. The first-order valence-corrected chi connectivity index (χ1v) is 11.7. The molecule has 0 unspecified atom stereocenters. The molecule has 29 heavy (non-hydrogen) atoms. The lowest BCUT2D eigenvalue weighted by molar-refractivity contribution is -0.116. The molecular formula is C21H23BrN2O4S. The molecule has 8 heteroatoms. The topological polar surface area (TPSA) is 75.7 Å². The Hall–Kier alpha value is -2.00. The number of carbonyl (C=O) groups is 1. The molecule has 2 aromatic rings. The van der Waals surface area contributed by atoms with Gasteiger partial charge in [-0.05, 0) is 34.9 Å². The normalized spacial score (nSPS) is 15.5. The van der Waals surface area contributed by atoms with Crippen LogP contribution in [0.25, 0.3) is 6.08 Å². The molecule has 3 rings (SSSR count). The lowest BCUT2D eigenvalue weighted by atomic mass is 10.1. The van der Waals surface area contributed by atoms with Crippen molar-refractivity contribution < 1.29 is 17.9 Å². The lowest BCUT2D eigenvalue weighted by Gasteiger charge is -2.26. The van der Waals surface area contributed by atoms with Gasteiger partial charge in [0.25, 0.3) is 0 Å². The van der Waals surface area contributed by atoms with Crippen LogP contribution in [0.3, 0.4) is 0 Å². The van der Waals surface area contributed by atoms with Gasteiger partial charge in [0, 0.05) is 30.2 Å². The first kappa shape index (κ1) is 21.7. The third kappa shape index (κ3) is 6.50. The first-order valence-electron chi connectivity index (χ1n) is 9.28. The van der Waals surface area contributed by atoms with Crippen molar-refractivity contribution in [3.8, 4) is 0 Å². The summed E-state index contributed by atoms with van der Waals surface area (Å²) < 4.78 is 33.1. The lowest BCUT2D eigenvalue weighted by Crippen LogP contribution is -2.41. The van der Waals surface area contributed by atoms with E-state index in [1.165, 1.54) is 10.4 Å². The van der Waals surface area contributed by atoms with Gasteiger partial charge < -0.3 is 10.1 Å². The van der Waals surface area contributed by atoms with Crippen LogP contribution in [0.1, 0.15) is 16.7 Å². The van der Waals surface area contributed by atoms with Crippen LogP contribution in [0, 0.1) is 0 Å². The van der Waals surface area contributed by atoms with Crippen molar-refractivity contribution >= 4 is 37.9 Å². The average molecular weight is 479 g/mol. The Labute approximate surface area is 179 Å². The number of nitrogens with one attached hydrogen (secondary N) is 1. The summed E-state index contributed by atoms with van der Waals surface area (Å²) >= 11 is 3.37. The highest BCUT2D eigenvalue weighted by atomic mass is 79.9. The minimum atomic E-state index is -3.42. The van der Waals surface area contributed by atoms with E-state index < -0.39 is 10.0 Å². The maximum atomic E-state index is 12.7. The number of amides is 1. The monoisotopic (exact) mass is 478 g/mol. The molecule has 0 aliphatic carbocycles. The molecule has 1 aliphatic heterocycles. The van der Waals surface area contributed by atoms with E-state index in [0.29, 0.717) is 31.9 Å². The molecule has 1 saturated heterocycles. The van der Waals surface area contributed by atoms with Gasteiger partial charge in [0.15, 0.2) is 0 Å². The summed E-state index contributed by atoms with van der Waals surface area (Å²) in [7, 11) is -3.42. The molecule has 1 N–H and O–H groups in total. The highest BCUT2D eigenvalue weighted by Gasteiger charge is 2.25. The molecule has 1 aliphatic rings. The Morgan fingerprint density at radius 3 is 2.41 bits per heavy atom. The van der Waals surface area contributed by atoms with E-state index in [4.69, 9.17) is 4.74 Å². The predicted octanol–water partition coefficient (Wildman–Crippen LogP) is 2.94. The molecule has 1 heterocycles. The number of rotatable bonds is 7. The Kier molecular flexibility index (Phi) is 7.60. The van der Waals surface area contributed by atoms with Crippen molar-refractivity contribution in [2.75, 3.05) is 26.3 Å². The number of carbonyl (C=O) groups excluding carboxylic acids is 1. The Balaban J connectivity index is 1.61. The molecule has 0 bridgehead atoms. The predicted molar refractivity (Wildman–Crippen MR) is 116 cm³/mol. The fraction of sp³-hybridized carbons (Fsp3) is 0.286. The molecule has 0 saturated carbocycles. The fourth-order valence-corrected chi connectivity index (χ4v) is 4.80. The average Bonchev–Trinajstić information content (AvgIpc) is 2.73. The van der Waals surface area contributed by atoms with Crippen LogP contribution in [0.2, 0.25) is 0 Å². The van der Waals surface area contributed by atoms with Crippen LogP contribution in [-0.4, -0.2) is 44.9 Å². The smallest absolute Gasteiger partial charge is 0.244 e. The molecule has 0 aromatic heterocycles. The Morgan fingerprint density at radius 1 is 1.07 bits per heavy atom. The van der Waals surface area contributed by atoms with Crippen LogP contribution in [0.15, 0.2) is 59.1 Å². The zero-order valence-electron chi connectivity index (χ0n) is 15.9. The van der Waals surface area contributed by atoms with E-state index in [9.17, 15) is 13.2 Å². The van der Waals surface area contributed by atoms with E-state index >= 15 is 0 Å². The maximum absolute atomic E-state index is 12.7. The van der Waals surface area contributed by atoms with Crippen LogP contribution in [-0.2, 0) is 31.9 Å². The van der Waals surface area contributed by atoms with Gasteiger partial charge in [-0.15, -0.1) is 0 Å². The van der Waals surface area contributed by atoms with Crippen LogP contribution < -0.4 is 5.32 Å². The number of ether oxygens (including phenoxy) is 1. The third-order valence-electron chi connectivity index (χ3n) is 4.57. The summed E-state index contributed by atoms with van der Waals surface area (Å²) in [6.07, 6.45) is 3.20. The summed E-state index contributed by atoms with van der Waals surface area (Å²) in [4.78, 5) is 12.2. The van der Waals surface area contributed by atoms with Crippen molar-refractivity contribution in [3.05, 3.63) is 75.8 Å². The van der Waals surface area contributed by atoms with Gasteiger partial charge >= 0.3 is 0 Å². The maximum Gasteiger partial charge on any atom is 0.244 e. The minimum absolute atomic E-state index is 0.0895. The van der Waals surface area contributed by atoms with E-state index in [-0.39, 0.29) is 18.2 Å². The van der Waals surface area contributed by atoms with Crippen LogP contribution >= 0.6 is 15.9 Å². The summed E-state index contributed by atoms with van der Waals surface area (Å²) in [6.45, 7) is 1.85. The first-order chi connectivity index (χ1) is 13.9. The molecule has 0 radical (unpaired) electrons. The van der Waals surface area contributed by atoms with E-state index in [1.807, 2.05) is 42.5 Å². The second-order valence-electron chi connectivity index (χ2n) is 6.64. The highest BCUT2D eigenvalue weighted by Crippen LogP contribution is 2.17. The molecule has 6 nitrogen and oxygen atoms in total. The molecular weight excluding hydrogens is 456 g/mol. The van der Waals surface area contributed by atoms with Gasteiger partial charge in [-0.1, -0.05) is 52.3 Å². The molecule has 1 fully saturated rings. The zero-order chi connectivity index (χ0) is 20.7. The van der Waals surface area contributed by atoms with E-state index in [1.54, 1.807) is 12.1 Å². The number of benzene rings is 2. The van der Waals surface area contributed by atoms with Gasteiger partial charge in [-0.25, -0.2) is 8.42 Å². The van der Waals surface area contributed by atoms with E-state index in [2.05, 4.69) is 21.2 Å². The number of nitrogens with zero attached hydrogens (tertiary/aromatic N) is 1. The fourth-order valence-electron chi connectivity index (χ4n) is 2.97. The van der Waals surface area contributed by atoms with Gasteiger partial charge in [-0.2, -0.15) is 4.31 Å². The van der Waals surface area contributed by atoms with Gasteiger partial charge in [0.05, 0.1) is 19.0 Å². The largest absolute Gasteiger partial charge is 0.379 e. The second-order valence-corrected chi connectivity index (χ2v) is 9.52. The number of sulfonamides is 1. The summed E-state index contributed by atoms with van der Waals surface area (Å²) in [5.41, 5.74) is 2.39. The second kappa shape index (κ2) is 10.2. The van der Waals surface area contributed by atoms with Crippen molar-refractivity contribution in [1.29, 1.82) is 0 Å². The molecule has 1 amide bonds. The number of halogens is 1. The van der Waals surface area contributed by atoms with E-state index in [0.717, 1.165) is 15.6 Å².